The maximum absolute atomic E-state index is 12.3. The van der Waals surface area contributed by atoms with Crippen molar-refractivity contribution in [3.8, 4) is 0 Å². The number of nitrogens with zero attached hydrogens (tertiary/aromatic N) is 2. The van der Waals surface area contributed by atoms with Crippen molar-refractivity contribution in [3.63, 3.8) is 0 Å². The third-order valence-electron chi connectivity index (χ3n) is 4.19. The minimum absolute atomic E-state index is 0.201. The van der Waals surface area contributed by atoms with Crippen LogP contribution in [0.25, 0.3) is 0 Å². The van der Waals surface area contributed by atoms with E-state index in [1.54, 1.807) is 0 Å². The summed E-state index contributed by atoms with van der Waals surface area (Å²) in [5, 5.41) is 3.54. The maximum Gasteiger partial charge on any atom is 0.410 e. The number of carbonyl (C=O) groups is 1. The third kappa shape index (κ3) is 6.06. The van der Waals surface area contributed by atoms with Crippen LogP contribution in [-0.4, -0.2) is 40.7 Å². The van der Waals surface area contributed by atoms with Crippen LogP contribution in [0.1, 0.15) is 46.2 Å². The van der Waals surface area contributed by atoms with Crippen LogP contribution in [0.3, 0.4) is 0 Å². The number of hydrogen-bond donors (Lipinski definition) is 1. The molecular weight excluding hydrogens is 370 g/mol. The first-order valence-corrected chi connectivity index (χ1v) is 9.36. The fraction of sp³-hybridized carbons (Fsp3) is 0.667. The summed E-state index contributed by atoms with van der Waals surface area (Å²) in [4.78, 5) is 18.6. The number of rotatable bonds is 4. The number of hydrogen-bond acceptors (Lipinski definition) is 4. The monoisotopic (exact) mass is 397 g/mol. The van der Waals surface area contributed by atoms with E-state index in [0.29, 0.717) is 12.0 Å². The molecule has 5 nitrogen and oxygen atoms in total. The molecule has 0 saturated carbocycles. The summed E-state index contributed by atoms with van der Waals surface area (Å²) in [5.41, 5.74) is 0.566. The van der Waals surface area contributed by atoms with Gasteiger partial charge in [0.2, 0.25) is 0 Å². The van der Waals surface area contributed by atoms with Gasteiger partial charge in [-0.1, -0.05) is 6.07 Å². The van der Waals surface area contributed by atoms with Gasteiger partial charge < -0.3 is 15.0 Å². The Morgan fingerprint density at radius 1 is 1.50 bits per heavy atom. The lowest BCUT2D eigenvalue weighted by Gasteiger charge is -2.36. The van der Waals surface area contributed by atoms with Crippen molar-refractivity contribution in [1.82, 2.24) is 15.2 Å². The lowest BCUT2D eigenvalue weighted by atomic mass is 9.91. The van der Waals surface area contributed by atoms with E-state index >= 15 is 0 Å². The molecule has 1 aliphatic heterocycles. The number of likely N-dealkylation sites (tertiary alicyclic amines) is 1. The molecule has 6 heteroatoms. The lowest BCUT2D eigenvalue weighted by Crippen LogP contribution is -2.47. The molecule has 2 rings (SSSR count). The highest BCUT2D eigenvalue weighted by Crippen LogP contribution is 2.22. The van der Waals surface area contributed by atoms with Gasteiger partial charge in [-0.25, -0.2) is 9.78 Å². The number of carbonyl (C=O) groups excluding carboxylic acids is 1. The topological polar surface area (TPSA) is 54.5 Å². The Bertz CT molecular complexity index is 559. The molecule has 2 heterocycles. The van der Waals surface area contributed by atoms with Gasteiger partial charge in [0.1, 0.15) is 10.2 Å². The highest BCUT2D eigenvalue weighted by atomic mass is 79.9. The number of aromatic nitrogens is 1. The van der Waals surface area contributed by atoms with Crippen molar-refractivity contribution < 1.29 is 9.53 Å². The molecule has 1 aliphatic rings. The van der Waals surface area contributed by atoms with Gasteiger partial charge >= 0.3 is 6.09 Å². The van der Waals surface area contributed by atoms with E-state index in [4.69, 9.17) is 4.74 Å². The Labute approximate surface area is 153 Å². The number of pyridine rings is 1. The predicted octanol–water partition coefficient (Wildman–Crippen LogP) is 3.97. The quantitative estimate of drug-likeness (QED) is 0.780. The summed E-state index contributed by atoms with van der Waals surface area (Å²) < 4.78 is 6.35. The van der Waals surface area contributed by atoms with Gasteiger partial charge in [0.05, 0.1) is 5.69 Å². The Morgan fingerprint density at radius 2 is 2.25 bits per heavy atom. The zero-order valence-corrected chi connectivity index (χ0v) is 16.6. The molecule has 2 unspecified atom stereocenters. The lowest BCUT2D eigenvalue weighted by molar-refractivity contribution is 0.0148. The molecule has 0 aliphatic carbocycles. The Balaban J connectivity index is 1.85. The SMILES string of the molecule is CC(NCc1cccc(Br)n1)C1CCCN(C(=O)OC(C)(C)C)C1. The summed E-state index contributed by atoms with van der Waals surface area (Å²) >= 11 is 3.40. The highest BCUT2D eigenvalue weighted by molar-refractivity contribution is 9.10. The Hall–Kier alpha value is -1.14. The molecule has 134 valence electrons. The van der Waals surface area contributed by atoms with E-state index in [-0.39, 0.29) is 6.09 Å². The van der Waals surface area contributed by atoms with Crippen molar-refractivity contribution in [2.75, 3.05) is 13.1 Å². The zero-order valence-electron chi connectivity index (χ0n) is 15.0. The van der Waals surface area contributed by atoms with Crippen LogP contribution in [0.4, 0.5) is 4.79 Å². The summed E-state index contributed by atoms with van der Waals surface area (Å²) in [6, 6.07) is 6.24. The van der Waals surface area contributed by atoms with Gasteiger partial charge in [-0.15, -0.1) is 0 Å². The van der Waals surface area contributed by atoms with Gasteiger partial charge in [-0.05, 0) is 74.5 Å². The first-order valence-electron chi connectivity index (χ1n) is 8.57. The average molecular weight is 398 g/mol. The molecule has 1 amide bonds. The van der Waals surface area contributed by atoms with Crippen molar-refractivity contribution in [2.24, 2.45) is 5.92 Å². The molecule has 1 N–H and O–H groups in total. The summed E-state index contributed by atoms with van der Waals surface area (Å²) in [7, 11) is 0. The second-order valence-corrected chi connectivity index (χ2v) is 8.26. The van der Waals surface area contributed by atoms with Crippen molar-refractivity contribution in [2.45, 2.75) is 58.7 Å². The van der Waals surface area contributed by atoms with Gasteiger partial charge in [-0.2, -0.15) is 0 Å². The normalized spacial score (nSPS) is 19.9. The number of halogens is 1. The molecule has 0 radical (unpaired) electrons. The average Bonchev–Trinajstić information content (AvgIpc) is 2.51. The van der Waals surface area contributed by atoms with Gasteiger partial charge in [0.15, 0.2) is 0 Å². The molecule has 2 atom stereocenters. The van der Waals surface area contributed by atoms with E-state index in [0.717, 1.165) is 42.8 Å². The van der Waals surface area contributed by atoms with Crippen molar-refractivity contribution in [3.05, 3.63) is 28.5 Å². The Kier molecular flexibility index (Phi) is 6.63. The largest absolute Gasteiger partial charge is 0.444 e. The highest BCUT2D eigenvalue weighted by Gasteiger charge is 2.29. The molecule has 1 fully saturated rings. The summed E-state index contributed by atoms with van der Waals surface area (Å²) in [6.45, 7) is 10.1. The van der Waals surface area contributed by atoms with Crippen molar-refractivity contribution >= 4 is 22.0 Å². The van der Waals surface area contributed by atoms with Gasteiger partial charge in [0.25, 0.3) is 0 Å². The van der Waals surface area contributed by atoms with Crippen LogP contribution in [0.15, 0.2) is 22.8 Å². The molecule has 0 aromatic carbocycles. The van der Waals surface area contributed by atoms with Gasteiger partial charge in [0, 0.05) is 25.7 Å². The molecule has 0 spiro atoms. The van der Waals surface area contributed by atoms with Crippen LogP contribution in [0.5, 0.6) is 0 Å². The minimum Gasteiger partial charge on any atom is -0.444 e. The molecule has 1 saturated heterocycles. The van der Waals surface area contributed by atoms with E-state index in [1.807, 2.05) is 43.9 Å². The summed E-state index contributed by atoms with van der Waals surface area (Å²) in [6.07, 6.45) is 1.94. The first-order chi connectivity index (χ1) is 11.2. The molecule has 1 aromatic rings. The smallest absolute Gasteiger partial charge is 0.410 e. The molecule has 24 heavy (non-hydrogen) atoms. The predicted molar refractivity (Wildman–Crippen MR) is 98.8 cm³/mol. The Morgan fingerprint density at radius 3 is 2.92 bits per heavy atom. The second-order valence-electron chi connectivity index (χ2n) is 7.45. The van der Waals surface area contributed by atoms with Crippen LogP contribution in [0, 0.1) is 5.92 Å². The number of ether oxygens (including phenoxy) is 1. The van der Waals surface area contributed by atoms with Crippen molar-refractivity contribution in [1.29, 1.82) is 0 Å². The van der Waals surface area contributed by atoms with E-state index in [1.165, 1.54) is 0 Å². The van der Waals surface area contributed by atoms with Gasteiger partial charge in [-0.3, -0.25) is 0 Å². The van der Waals surface area contributed by atoms with Crippen LogP contribution < -0.4 is 5.32 Å². The fourth-order valence-electron chi connectivity index (χ4n) is 2.89. The van der Waals surface area contributed by atoms with Crippen LogP contribution in [0.2, 0.25) is 0 Å². The standard InChI is InChI=1S/C18H28BrN3O2/c1-13(20-11-15-8-5-9-16(19)21-15)14-7-6-10-22(12-14)17(23)24-18(2,3)4/h5,8-9,13-14,20H,6-7,10-12H2,1-4H3. The maximum atomic E-state index is 12.3. The summed E-state index contributed by atoms with van der Waals surface area (Å²) in [5.74, 6) is 0.429. The molecule has 1 aromatic heterocycles. The van der Waals surface area contributed by atoms with E-state index < -0.39 is 5.60 Å². The minimum atomic E-state index is -0.444. The number of piperidine rings is 1. The zero-order chi connectivity index (χ0) is 17.7. The third-order valence-corrected chi connectivity index (χ3v) is 4.64. The first kappa shape index (κ1) is 19.2. The fourth-order valence-corrected chi connectivity index (χ4v) is 3.27. The van der Waals surface area contributed by atoms with E-state index in [2.05, 4.69) is 33.2 Å². The second kappa shape index (κ2) is 8.30. The number of nitrogens with one attached hydrogen (secondary N) is 1. The van der Waals surface area contributed by atoms with Crippen LogP contribution in [-0.2, 0) is 11.3 Å². The number of amides is 1. The van der Waals surface area contributed by atoms with E-state index in [9.17, 15) is 4.79 Å². The van der Waals surface area contributed by atoms with Crippen LogP contribution >= 0.6 is 15.9 Å². The molecular formula is C18H28BrN3O2. The molecule has 0 bridgehead atoms.